The van der Waals surface area contributed by atoms with Gasteiger partial charge in [-0.2, -0.15) is 5.26 Å². The van der Waals surface area contributed by atoms with Gasteiger partial charge < -0.3 is 4.74 Å². The van der Waals surface area contributed by atoms with E-state index in [1.807, 2.05) is 24.3 Å². The first kappa shape index (κ1) is 13.6. The van der Waals surface area contributed by atoms with E-state index >= 15 is 0 Å². The highest BCUT2D eigenvalue weighted by molar-refractivity contribution is 5.26. The van der Waals surface area contributed by atoms with Crippen molar-refractivity contribution >= 4 is 0 Å². The number of benzene rings is 1. The van der Waals surface area contributed by atoms with Crippen LogP contribution in [-0.4, -0.2) is 6.61 Å². The Morgan fingerprint density at radius 2 is 1.76 bits per heavy atom. The lowest BCUT2D eigenvalue weighted by Gasteiger charge is -2.23. The van der Waals surface area contributed by atoms with Crippen molar-refractivity contribution in [1.29, 1.82) is 5.26 Å². The van der Waals surface area contributed by atoms with E-state index in [0.717, 1.165) is 25.0 Å². The first-order chi connectivity index (χ1) is 8.15. The Hall–Kier alpha value is -1.49. The number of hydrogen-bond donors (Lipinski definition) is 0. The standard InChI is InChI=1S/C15H21NO/c1-4-15(5-2,12-16)10-11-17-14-8-6-13(3)7-9-14/h6-9H,4-5,10-11H2,1-3H3. The van der Waals surface area contributed by atoms with Crippen LogP contribution in [-0.2, 0) is 0 Å². The molecule has 0 aromatic heterocycles. The first-order valence-electron chi connectivity index (χ1n) is 6.26. The zero-order valence-corrected chi connectivity index (χ0v) is 11.0. The van der Waals surface area contributed by atoms with Crippen molar-refractivity contribution in [2.75, 3.05) is 6.61 Å². The van der Waals surface area contributed by atoms with Crippen molar-refractivity contribution in [3.63, 3.8) is 0 Å². The van der Waals surface area contributed by atoms with Crippen LogP contribution < -0.4 is 4.74 Å². The lowest BCUT2D eigenvalue weighted by molar-refractivity contribution is 0.231. The SMILES string of the molecule is CCC(C#N)(CC)CCOc1ccc(C)cc1. The van der Waals surface area contributed by atoms with Gasteiger partial charge in [0.15, 0.2) is 0 Å². The topological polar surface area (TPSA) is 33.0 Å². The number of nitrogens with zero attached hydrogens (tertiary/aromatic N) is 1. The molecule has 1 aromatic carbocycles. The Balaban J connectivity index is 2.47. The molecule has 17 heavy (non-hydrogen) atoms. The summed E-state index contributed by atoms with van der Waals surface area (Å²) in [5.74, 6) is 0.884. The van der Waals surface area contributed by atoms with Crippen LogP contribution in [0, 0.1) is 23.7 Å². The van der Waals surface area contributed by atoms with Gasteiger partial charge in [-0.25, -0.2) is 0 Å². The predicted molar refractivity (Wildman–Crippen MR) is 69.9 cm³/mol. The summed E-state index contributed by atoms with van der Waals surface area (Å²) in [6.45, 7) is 6.80. The van der Waals surface area contributed by atoms with E-state index in [1.165, 1.54) is 5.56 Å². The monoisotopic (exact) mass is 231 g/mol. The third-order valence-electron chi connectivity index (χ3n) is 3.46. The Kier molecular flexibility index (Phi) is 5.03. The summed E-state index contributed by atoms with van der Waals surface area (Å²) in [7, 11) is 0. The lowest BCUT2D eigenvalue weighted by Crippen LogP contribution is -2.19. The molecule has 0 unspecified atom stereocenters. The summed E-state index contributed by atoms with van der Waals surface area (Å²) in [6.07, 6.45) is 2.57. The van der Waals surface area contributed by atoms with Gasteiger partial charge in [-0.05, 0) is 31.9 Å². The minimum absolute atomic E-state index is 0.218. The number of hydrogen-bond acceptors (Lipinski definition) is 2. The van der Waals surface area contributed by atoms with Crippen LogP contribution >= 0.6 is 0 Å². The highest BCUT2D eigenvalue weighted by Crippen LogP contribution is 2.29. The van der Waals surface area contributed by atoms with E-state index in [-0.39, 0.29) is 5.41 Å². The molecule has 2 nitrogen and oxygen atoms in total. The van der Waals surface area contributed by atoms with Crippen molar-refractivity contribution in [3.8, 4) is 11.8 Å². The molecule has 0 aliphatic heterocycles. The summed E-state index contributed by atoms with van der Waals surface area (Å²) < 4.78 is 5.67. The van der Waals surface area contributed by atoms with Gasteiger partial charge in [-0.3, -0.25) is 0 Å². The number of ether oxygens (including phenoxy) is 1. The zero-order valence-electron chi connectivity index (χ0n) is 11.0. The third kappa shape index (κ3) is 3.78. The van der Waals surface area contributed by atoms with Crippen molar-refractivity contribution in [3.05, 3.63) is 29.8 Å². The van der Waals surface area contributed by atoms with Crippen molar-refractivity contribution in [1.82, 2.24) is 0 Å². The molecule has 0 aliphatic carbocycles. The molecule has 1 rings (SSSR count). The third-order valence-corrected chi connectivity index (χ3v) is 3.46. The molecule has 0 fully saturated rings. The Labute approximate surface area is 104 Å². The second kappa shape index (κ2) is 6.30. The minimum atomic E-state index is -0.218. The first-order valence-corrected chi connectivity index (χ1v) is 6.26. The summed E-state index contributed by atoms with van der Waals surface area (Å²) >= 11 is 0. The van der Waals surface area contributed by atoms with E-state index in [4.69, 9.17) is 4.74 Å². The lowest BCUT2D eigenvalue weighted by atomic mass is 9.81. The Morgan fingerprint density at radius 3 is 2.24 bits per heavy atom. The molecule has 1 aromatic rings. The van der Waals surface area contributed by atoms with Crippen LogP contribution in [0.5, 0.6) is 5.75 Å². The van der Waals surface area contributed by atoms with Gasteiger partial charge in [0.25, 0.3) is 0 Å². The van der Waals surface area contributed by atoms with Crippen LogP contribution in [0.15, 0.2) is 24.3 Å². The maximum absolute atomic E-state index is 9.20. The van der Waals surface area contributed by atoms with Gasteiger partial charge in [0, 0.05) is 6.42 Å². The highest BCUT2D eigenvalue weighted by atomic mass is 16.5. The maximum atomic E-state index is 9.20. The largest absolute Gasteiger partial charge is 0.494 e. The van der Waals surface area contributed by atoms with E-state index in [1.54, 1.807) is 0 Å². The molecular weight excluding hydrogens is 210 g/mol. The van der Waals surface area contributed by atoms with Crippen LogP contribution in [0.3, 0.4) is 0 Å². The van der Waals surface area contributed by atoms with E-state index in [0.29, 0.717) is 6.61 Å². The molecule has 0 saturated carbocycles. The van der Waals surface area contributed by atoms with Gasteiger partial charge in [0.1, 0.15) is 5.75 Å². The van der Waals surface area contributed by atoms with Crippen LogP contribution in [0.25, 0.3) is 0 Å². The summed E-state index contributed by atoms with van der Waals surface area (Å²) in [4.78, 5) is 0. The quantitative estimate of drug-likeness (QED) is 0.738. The molecule has 0 saturated heterocycles. The average Bonchev–Trinajstić information content (AvgIpc) is 2.38. The van der Waals surface area contributed by atoms with Crippen LogP contribution in [0.1, 0.15) is 38.7 Å². The fraction of sp³-hybridized carbons (Fsp3) is 0.533. The molecule has 0 atom stereocenters. The molecule has 2 heteroatoms. The minimum Gasteiger partial charge on any atom is -0.494 e. The van der Waals surface area contributed by atoms with Gasteiger partial charge in [0.2, 0.25) is 0 Å². The summed E-state index contributed by atoms with van der Waals surface area (Å²) in [6, 6.07) is 10.4. The van der Waals surface area contributed by atoms with Gasteiger partial charge in [-0.1, -0.05) is 31.5 Å². The average molecular weight is 231 g/mol. The number of aryl methyl sites for hydroxylation is 1. The van der Waals surface area contributed by atoms with E-state index < -0.39 is 0 Å². The fourth-order valence-electron chi connectivity index (χ4n) is 1.82. The van der Waals surface area contributed by atoms with Crippen molar-refractivity contribution in [2.45, 2.75) is 40.0 Å². The van der Waals surface area contributed by atoms with Crippen LogP contribution in [0.4, 0.5) is 0 Å². The molecule has 0 N–H and O–H groups in total. The van der Waals surface area contributed by atoms with Crippen molar-refractivity contribution in [2.24, 2.45) is 5.41 Å². The Morgan fingerprint density at radius 1 is 1.18 bits per heavy atom. The molecular formula is C15H21NO. The summed E-state index contributed by atoms with van der Waals surface area (Å²) in [5, 5.41) is 9.20. The van der Waals surface area contributed by atoms with E-state index in [2.05, 4.69) is 26.8 Å². The van der Waals surface area contributed by atoms with Gasteiger partial charge >= 0.3 is 0 Å². The van der Waals surface area contributed by atoms with Gasteiger partial charge in [0.05, 0.1) is 18.1 Å². The van der Waals surface area contributed by atoms with Crippen molar-refractivity contribution < 1.29 is 4.74 Å². The summed E-state index contributed by atoms with van der Waals surface area (Å²) in [5.41, 5.74) is 1.01. The molecule has 0 spiro atoms. The molecule has 0 heterocycles. The van der Waals surface area contributed by atoms with E-state index in [9.17, 15) is 5.26 Å². The zero-order chi connectivity index (χ0) is 12.7. The highest BCUT2D eigenvalue weighted by Gasteiger charge is 2.25. The number of nitriles is 1. The second-order valence-corrected chi connectivity index (χ2v) is 4.51. The number of rotatable bonds is 6. The maximum Gasteiger partial charge on any atom is 0.119 e. The normalized spacial score (nSPS) is 10.9. The molecule has 0 aliphatic rings. The molecule has 92 valence electrons. The molecule has 0 radical (unpaired) electrons. The smallest absolute Gasteiger partial charge is 0.119 e. The molecule has 0 bridgehead atoms. The van der Waals surface area contributed by atoms with Crippen LogP contribution in [0.2, 0.25) is 0 Å². The second-order valence-electron chi connectivity index (χ2n) is 4.51. The predicted octanol–water partition coefficient (Wildman–Crippen LogP) is 4.09. The van der Waals surface area contributed by atoms with Gasteiger partial charge in [-0.15, -0.1) is 0 Å². The molecule has 0 amide bonds. The Bertz CT molecular complexity index is 371. The fourth-order valence-corrected chi connectivity index (χ4v) is 1.82.